The van der Waals surface area contributed by atoms with Crippen LogP contribution >= 0.6 is 0 Å². The van der Waals surface area contributed by atoms with E-state index in [9.17, 15) is 9.18 Å². The second-order valence-electron chi connectivity index (χ2n) is 7.24. The molecule has 7 nitrogen and oxygen atoms in total. The van der Waals surface area contributed by atoms with E-state index in [2.05, 4.69) is 15.0 Å². The Morgan fingerprint density at radius 1 is 1.22 bits per heavy atom. The van der Waals surface area contributed by atoms with E-state index < -0.39 is 0 Å². The normalized spacial score (nSPS) is 22.7. The number of aryl methyl sites for hydroxylation is 1. The number of rotatable bonds is 2. The summed E-state index contributed by atoms with van der Waals surface area (Å²) in [5.41, 5.74) is 2.55. The molecule has 0 spiro atoms. The van der Waals surface area contributed by atoms with Crippen LogP contribution in [-0.4, -0.2) is 57.9 Å². The fraction of sp³-hybridized carbons (Fsp3) is 0.526. The van der Waals surface area contributed by atoms with Gasteiger partial charge in [0, 0.05) is 45.2 Å². The Kier molecular flexibility index (Phi) is 4.59. The number of ether oxygens (including phenoxy) is 1. The van der Waals surface area contributed by atoms with Crippen LogP contribution in [0, 0.1) is 5.82 Å². The first-order valence-electron chi connectivity index (χ1n) is 9.31. The minimum Gasteiger partial charge on any atom is -0.369 e. The van der Waals surface area contributed by atoms with E-state index >= 15 is 0 Å². The number of hydrogen-bond acceptors (Lipinski definition) is 5. The van der Waals surface area contributed by atoms with Gasteiger partial charge >= 0.3 is 0 Å². The van der Waals surface area contributed by atoms with Crippen molar-refractivity contribution in [3.05, 3.63) is 41.1 Å². The van der Waals surface area contributed by atoms with Crippen LogP contribution in [-0.2, 0) is 18.2 Å². The van der Waals surface area contributed by atoms with Crippen LogP contribution in [0.15, 0.2) is 18.3 Å². The van der Waals surface area contributed by atoms with Crippen LogP contribution in [0.2, 0.25) is 0 Å². The van der Waals surface area contributed by atoms with Gasteiger partial charge in [-0.2, -0.15) is 5.10 Å². The largest absolute Gasteiger partial charge is 0.369 e. The quantitative estimate of drug-likeness (QED) is 0.805. The fourth-order valence-electron chi connectivity index (χ4n) is 4.05. The summed E-state index contributed by atoms with van der Waals surface area (Å²) < 4.78 is 20.7. The predicted molar refractivity (Wildman–Crippen MR) is 98.2 cm³/mol. The van der Waals surface area contributed by atoms with E-state index in [4.69, 9.17) is 4.74 Å². The Labute approximate surface area is 157 Å². The van der Waals surface area contributed by atoms with Gasteiger partial charge in [-0.3, -0.25) is 9.48 Å². The molecule has 2 aromatic heterocycles. The number of anilines is 1. The van der Waals surface area contributed by atoms with Crippen molar-refractivity contribution >= 4 is 11.7 Å². The van der Waals surface area contributed by atoms with Gasteiger partial charge < -0.3 is 14.5 Å². The Morgan fingerprint density at radius 2 is 1.96 bits per heavy atom. The number of aromatic nitrogens is 3. The summed E-state index contributed by atoms with van der Waals surface area (Å²) in [6, 6.07) is 3.08. The zero-order valence-corrected chi connectivity index (χ0v) is 15.9. The lowest BCUT2D eigenvalue weighted by molar-refractivity contribution is -0.00906. The van der Waals surface area contributed by atoms with Crippen molar-refractivity contribution in [2.45, 2.75) is 32.5 Å². The summed E-state index contributed by atoms with van der Waals surface area (Å²) in [6.07, 6.45) is 1.93. The van der Waals surface area contributed by atoms with E-state index in [1.807, 2.05) is 25.8 Å². The Hall–Kier alpha value is -2.48. The van der Waals surface area contributed by atoms with Gasteiger partial charge in [0.25, 0.3) is 5.91 Å². The summed E-state index contributed by atoms with van der Waals surface area (Å²) in [5, 5.41) is 4.52. The Morgan fingerprint density at radius 3 is 2.63 bits per heavy atom. The Balaban J connectivity index is 1.49. The van der Waals surface area contributed by atoms with E-state index in [1.165, 1.54) is 12.3 Å². The zero-order chi connectivity index (χ0) is 19.1. The maximum atomic E-state index is 13.1. The minimum absolute atomic E-state index is 0.0279. The molecular weight excluding hydrogens is 349 g/mol. The first-order valence-corrected chi connectivity index (χ1v) is 9.31. The highest BCUT2D eigenvalue weighted by molar-refractivity contribution is 5.94. The number of nitrogens with zero attached hydrogens (tertiary/aromatic N) is 5. The van der Waals surface area contributed by atoms with Crippen molar-refractivity contribution in [3.8, 4) is 0 Å². The third-order valence-corrected chi connectivity index (χ3v) is 5.31. The molecule has 0 aliphatic carbocycles. The molecule has 2 atom stereocenters. The van der Waals surface area contributed by atoms with Gasteiger partial charge in [-0.15, -0.1) is 0 Å². The average Bonchev–Trinajstić information content (AvgIpc) is 2.98. The van der Waals surface area contributed by atoms with Crippen molar-refractivity contribution in [1.29, 1.82) is 0 Å². The van der Waals surface area contributed by atoms with Crippen LogP contribution in [0.3, 0.4) is 0 Å². The molecule has 1 fully saturated rings. The number of hydrogen-bond donors (Lipinski definition) is 0. The molecule has 2 aliphatic rings. The molecule has 1 saturated heterocycles. The monoisotopic (exact) mass is 373 g/mol. The molecule has 0 radical (unpaired) electrons. The van der Waals surface area contributed by atoms with Gasteiger partial charge in [-0.05, 0) is 26.0 Å². The standard InChI is InChI=1S/C19H24FN5O2/c1-12-10-15-17(22-23(3)18(15)13(2)27-12)19(26)25-8-6-24(7-9-25)16-5-4-14(20)11-21-16/h4-5,11-13H,6-10H2,1-3H3/t12-,13+/m1/s1. The molecule has 4 rings (SSSR count). The highest BCUT2D eigenvalue weighted by Gasteiger charge is 2.33. The van der Waals surface area contributed by atoms with Gasteiger partial charge in [0.05, 0.1) is 24.1 Å². The molecule has 2 aliphatic heterocycles. The highest BCUT2D eigenvalue weighted by Crippen LogP contribution is 2.32. The molecule has 8 heteroatoms. The van der Waals surface area contributed by atoms with E-state index in [0.717, 1.165) is 17.1 Å². The number of piperazine rings is 1. The van der Waals surface area contributed by atoms with Crippen molar-refractivity contribution in [1.82, 2.24) is 19.7 Å². The Bertz CT molecular complexity index is 843. The number of carbonyl (C=O) groups excluding carboxylic acids is 1. The molecule has 144 valence electrons. The predicted octanol–water partition coefficient (Wildman–Crippen LogP) is 1.94. The molecule has 0 unspecified atom stereocenters. The lowest BCUT2D eigenvalue weighted by atomic mass is 9.99. The summed E-state index contributed by atoms with van der Waals surface area (Å²) >= 11 is 0. The number of halogens is 1. The molecule has 0 bridgehead atoms. The van der Waals surface area contributed by atoms with E-state index in [0.29, 0.717) is 38.3 Å². The molecule has 2 aromatic rings. The second-order valence-corrected chi connectivity index (χ2v) is 7.24. The lowest BCUT2D eigenvalue weighted by Gasteiger charge is -2.35. The molecule has 1 amide bonds. The number of fused-ring (bicyclic) bond motifs is 1. The van der Waals surface area contributed by atoms with E-state index in [1.54, 1.807) is 10.7 Å². The first kappa shape index (κ1) is 17.9. The SMILES string of the molecule is C[C@@H]1Cc2c(C(=O)N3CCN(c4ccc(F)cn4)CC3)nn(C)c2[C@H](C)O1. The number of carbonyl (C=O) groups is 1. The van der Waals surface area contributed by atoms with Crippen molar-refractivity contribution < 1.29 is 13.9 Å². The van der Waals surface area contributed by atoms with Crippen molar-refractivity contribution in [2.75, 3.05) is 31.1 Å². The smallest absolute Gasteiger partial charge is 0.274 e. The van der Waals surface area contributed by atoms with Crippen molar-refractivity contribution in [2.24, 2.45) is 7.05 Å². The van der Waals surface area contributed by atoms with Crippen LogP contribution in [0.1, 0.15) is 41.7 Å². The van der Waals surface area contributed by atoms with E-state index in [-0.39, 0.29) is 23.9 Å². The fourth-order valence-corrected chi connectivity index (χ4v) is 4.05. The van der Waals surface area contributed by atoms with Gasteiger partial charge in [0.2, 0.25) is 0 Å². The van der Waals surface area contributed by atoms with Gasteiger partial charge in [-0.1, -0.05) is 0 Å². The lowest BCUT2D eigenvalue weighted by Crippen LogP contribution is -2.49. The minimum atomic E-state index is -0.347. The topological polar surface area (TPSA) is 63.5 Å². The second kappa shape index (κ2) is 6.92. The van der Waals surface area contributed by atoms with Gasteiger partial charge in [-0.25, -0.2) is 9.37 Å². The van der Waals surface area contributed by atoms with Crippen LogP contribution < -0.4 is 4.90 Å². The van der Waals surface area contributed by atoms with Crippen molar-refractivity contribution in [3.63, 3.8) is 0 Å². The summed E-state index contributed by atoms with van der Waals surface area (Å²) in [7, 11) is 1.86. The first-order chi connectivity index (χ1) is 12.9. The van der Waals surface area contributed by atoms with Gasteiger partial charge in [0.15, 0.2) is 5.69 Å². The third-order valence-electron chi connectivity index (χ3n) is 5.31. The molecule has 0 N–H and O–H groups in total. The third kappa shape index (κ3) is 3.29. The molecule has 4 heterocycles. The summed E-state index contributed by atoms with van der Waals surface area (Å²) in [6.45, 7) is 6.52. The summed E-state index contributed by atoms with van der Waals surface area (Å²) in [5.74, 6) is 0.360. The number of amides is 1. The average molecular weight is 373 g/mol. The molecule has 27 heavy (non-hydrogen) atoms. The van der Waals surface area contributed by atoms with Crippen LogP contribution in [0.4, 0.5) is 10.2 Å². The molecular formula is C19H24FN5O2. The summed E-state index contributed by atoms with van der Waals surface area (Å²) in [4.78, 5) is 21.1. The molecule has 0 saturated carbocycles. The van der Waals surface area contributed by atoms with Gasteiger partial charge in [0.1, 0.15) is 11.6 Å². The highest BCUT2D eigenvalue weighted by atomic mass is 19.1. The number of pyridine rings is 1. The maximum Gasteiger partial charge on any atom is 0.274 e. The van der Waals surface area contributed by atoms with Crippen LogP contribution in [0.25, 0.3) is 0 Å². The maximum absolute atomic E-state index is 13.1. The van der Waals surface area contributed by atoms with Crippen LogP contribution in [0.5, 0.6) is 0 Å². The molecule has 0 aromatic carbocycles. The zero-order valence-electron chi connectivity index (χ0n) is 15.9.